The van der Waals surface area contributed by atoms with E-state index < -0.39 is 0 Å². The number of anilines is 1. The van der Waals surface area contributed by atoms with E-state index in [0.29, 0.717) is 0 Å². The van der Waals surface area contributed by atoms with Crippen LogP contribution in [0.1, 0.15) is 11.4 Å². The Morgan fingerprint density at radius 2 is 1.93 bits per heavy atom. The Morgan fingerprint density at radius 3 is 2.64 bits per heavy atom. The van der Waals surface area contributed by atoms with E-state index in [2.05, 4.69) is 40.6 Å². The van der Waals surface area contributed by atoms with Crippen molar-refractivity contribution in [2.45, 2.75) is 19.0 Å². The van der Waals surface area contributed by atoms with E-state index >= 15 is 0 Å². The number of aromatic nitrogens is 4. The Kier molecular flexibility index (Phi) is 5.15. The lowest BCUT2D eigenvalue weighted by Gasteiger charge is -2.06. The summed E-state index contributed by atoms with van der Waals surface area (Å²) in [4.78, 5) is 16.9. The second-order valence-electron chi connectivity index (χ2n) is 6.49. The number of carbonyl (C=O) groups is 1. The van der Waals surface area contributed by atoms with Crippen LogP contribution in [0.15, 0.2) is 47.6 Å². The van der Waals surface area contributed by atoms with Gasteiger partial charge >= 0.3 is 0 Å². The molecule has 1 amide bonds. The molecule has 4 rings (SSSR count). The van der Waals surface area contributed by atoms with Gasteiger partial charge in [0.2, 0.25) is 5.91 Å². The Balaban J connectivity index is 1.41. The second kappa shape index (κ2) is 7.73. The molecule has 0 aliphatic rings. The first-order chi connectivity index (χ1) is 13.5. The predicted molar refractivity (Wildman–Crippen MR) is 115 cm³/mol. The van der Waals surface area contributed by atoms with Crippen LogP contribution in [0.3, 0.4) is 0 Å². The Hall–Kier alpha value is -2.71. The van der Waals surface area contributed by atoms with Gasteiger partial charge in [0.1, 0.15) is 10.8 Å². The summed E-state index contributed by atoms with van der Waals surface area (Å²) in [6.45, 7) is 3.96. The van der Waals surface area contributed by atoms with Crippen LogP contribution in [0.2, 0.25) is 0 Å². The SMILES string of the molecule is Cc1ccc2nc(-c3ccc(NC(=O)CSc4nnc(C)n4C)cc3)sc2c1. The first kappa shape index (κ1) is 18.6. The van der Waals surface area contributed by atoms with Crippen LogP contribution in [0.25, 0.3) is 20.8 Å². The summed E-state index contributed by atoms with van der Waals surface area (Å²) in [5.41, 5.74) is 4.05. The number of hydrogen-bond donors (Lipinski definition) is 1. The summed E-state index contributed by atoms with van der Waals surface area (Å²) < 4.78 is 3.05. The molecule has 0 saturated carbocycles. The van der Waals surface area contributed by atoms with Gasteiger partial charge in [0.05, 0.1) is 16.0 Å². The lowest BCUT2D eigenvalue weighted by molar-refractivity contribution is -0.113. The molecule has 0 aliphatic heterocycles. The highest BCUT2D eigenvalue weighted by atomic mass is 32.2. The fourth-order valence-electron chi connectivity index (χ4n) is 2.69. The summed E-state index contributed by atoms with van der Waals surface area (Å²) in [6.07, 6.45) is 0. The molecule has 6 nitrogen and oxygen atoms in total. The first-order valence-electron chi connectivity index (χ1n) is 8.76. The molecule has 8 heteroatoms. The van der Waals surface area contributed by atoms with Crippen LogP contribution in [-0.2, 0) is 11.8 Å². The number of hydrogen-bond acceptors (Lipinski definition) is 6. The van der Waals surface area contributed by atoms with E-state index in [1.165, 1.54) is 22.0 Å². The van der Waals surface area contributed by atoms with Gasteiger partial charge in [-0.1, -0.05) is 17.8 Å². The van der Waals surface area contributed by atoms with Crippen LogP contribution in [-0.4, -0.2) is 31.4 Å². The number of aryl methyl sites for hydroxylation is 2. The third kappa shape index (κ3) is 3.93. The van der Waals surface area contributed by atoms with Crippen LogP contribution < -0.4 is 5.32 Å². The summed E-state index contributed by atoms with van der Waals surface area (Å²) in [5.74, 6) is 1.03. The van der Waals surface area contributed by atoms with Crippen LogP contribution in [0.4, 0.5) is 5.69 Å². The Labute approximate surface area is 171 Å². The van der Waals surface area contributed by atoms with Gasteiger partial charge < -0.3 is 9.88 Å². The zero-order chi connectivity index (χ0) is 19.7. The minimum absolute atomic E-state index is 0.0751. The van der Waals surface area contributed by atoms with Crippen molar-refractivity contribution in [3.63, 3.8) is 0 Å². The largest absolute Gasteiger partial charge is 0.325 e. The molecule has 0 fully saturated rings. The molecule has 0 saturated heterocycles. The highest BCUT2D eigenvalue weighted by Crippen LogP contribution is 2.31. The summed E-state index contributed by atoms with van der Waals surface area (Å²) in [6, 6.07) is 14.1. The normalized spacial score (nSPS) is 11.1. The third-order valence-corrected chi connectivity index (χ3v) is 6.43. The number of carbonyl (C=O) groups excluding carboxylic acids is 1. The van der Waals surface area contributed by atoms with Crippen molar-refractivity contribution in [1.82, 2.24) is 19.7 Å². The quantitative estimate of drug-likeness (QED) is 0.493. The number of rotatable bonds is 5. The van der Waals surface area contributed by atoms with Crippen molar-refractivity contribution >= 4 is 44.9 Å². The molecule has 1 N–H and O–H groups in total. The van der Waals surface area contributed by atoms with Gasteiger partial charge in [-0.3, -0.25) is 4.79 Å². The number of nitrogens with one attached hydrogen (secondary N) is 1. The van der Waals surface area contributed by atoms with E-state index in [1.807, 2.05) is 42.8 Å². The van der Waals surface area contributed by atoms with Crippen LogP contribution >= 0.6 is 23.1 Å². The van der Waals surface area contributed by atoms with E-state index in [1.54, 1.807) is 11.3 Å². The number of thioether (sulfide) groups is 1. The van der Waals surface area contributed by atoms with Crippen molar-refractivity contribution in [2.24, 2.45) is 7.05 Å². The van der Waals surface area contributed by atoms with Crippen LogP contribution in [0.5, 0.6) is 0 Å². The molecule has 0 atom stereocenters. The minimum atomic E-state index is -0.0751. The molecule has 2 heterocycles. The van der Waals surface area contributed by atoms with E-state index in [0.717, 1.165) is 32.8 Å². The summed E-state index contributed by atoms with van der Waals surface area (Å²) >= 11 is 3.04. The van der Waals surface area contributed by atoms with Gasteiger partial charge in [0.25, 0.3) is 0 Å². The topological polar surface area (TPSA) is 72.7 Å². The zero-order valence-electron chi connectivity index (χ0n) is 15.8. The molecule has 0 spiro atoms. The second-order valence-corrected chi connectivity index (χ2v) is 8.47. The van der Waals surface area contributed by atoms with Gasteiger partial charge in [-0.25, -0.2) is 4.98 Å². The first-order valence-corrected chi connectivity index (χ1v) is 10.6. The highest BCUT2D eigenvalue weighted by Gasteiger charge is 2.10. The van der Waals surface area contributed by atoms with Crippen molar-refractivity contribution in [1.29, 1.82) is 0 Å². The van der Waals surface area contributed by atoms with Gasteiger partial charge in [0, 0.05) is 18.3 Å². The molecule has 0 radical (unpaired) electrons. The minimum Gasteiger partial charge on any atom is -0.325 e. The zero-order valence-corrected chi connectivity index (χ0v) is 17.4. The van der Waals surface area contributed by atoms with E-state index in [9.17, 15) is 4.79 Å². The molecule has 28 heavy (non-hydrogen) atoms. The van der Waals surface area contributed by atoms with Crippen molar-refractivity contribution in [2.75, 3.05) is 11.1 Å². The van der Waals surface area contributed by atoms with E-state index in [4.69, 9.17) is 4.98 Å². The van der Waals surface area contributed by atoms with Crippen LogP contribution in [0, 0.1) is 13.8 Å². The van der Waals surface area contributed by atoms with Crippen molar-refractivity contribution in [3.8, 4) is 10.6 Å². The highest BCUT2D eigenvalue weighted by molar-refractivity contribution is 7.99. The van der Waals surface area contributed by atoms with E-state index in [-0.39, 0.29) is 11.7 Å². The smallest absolute Gasteiger partial charge is 0.234 e. The number of fused-ring (bicyclic) bond motifs is 1. The fourth-order valence-corrected chi connectivity index (χ4v) is 4.52. The van der Waals surface area contributed by atoms with Gasteiger partial charge in [-0.15, -0.1) is 21.5 Å². The number of nitrogens with zero attached hydrogens (tertiary/aromatic N) is 4. The fraction of sp³-hybridized carbons (Fsp3) is 0.200. The monoisotopic (exact) mass is 409 g/mol. The maximum absolute atomic E-state index is 12.2. The Bertz CT molecular complexity index is 1150. The number of benzene rings is 2. The predicted octanol–water partition coefficient (Wildman–Crippen LogP) is 4.44. The summed E-state index contributed by atoms with van der Waals surface area (Å²) in [5, 5.41) is 12.7. The number of thiazole rings is 1. The summed E-state index contributed by atoms with van der Waals surface area (Å²) in [7, 11) is 1.89. The molecule has 142 valence electrons. The molecule has 0 bridgehead atoms. The van der Waals surface area contributed by atoms with Gasteiger partial charge in [0.15, 0.2) is 5.16 Å². The standard InChI is InChI=1S/C20H19N5OS2/c1-12-4-9-16-17(10-12)28-19(22-16)14-5-7-15(8-6-14)21-18(26)11-27-20-24-23-13(2)25(20)3/h4-10H,11H2,1-3H3,(H,21,26). The molecule has 2 aromatic carbocycles. The van der Waals surface area contributed by atoms with Crippen molar-refractivity contribution < 1.29 is 4.79 Å². The van der Waals surface area contributed by atoms with Gasteiger partial charge in [-0.05, 0) is 55.8 Å². The molecule has 0 aliphatic carbocycles. The number of amides is 1. The maximum Gasteiger partial charge on any atom is 0.234 e. The van der Waals surface area contributed by atoms with Gasteiger partial charge in [-0.2, -0.15) is 0 Å². The average molecular weight is 410 g/mol. The van der Waals surface area contributed by atoms with Crippen molar-refractivity contribution in [3.05, 3.63) is 53.9 Å². The maximum atomic E-state index is 12.2. The lowest BCUT2D eigenvalue weighted by Crippen LogP contribution is -2.14. The molecule has 2 aromatic heterocycles. The third-order valence-electron chi connectivity index (χ3n) is 4.34. The Morgan fingerprint density at radius 1 is 1.14 bits per heavy atom. The molecule has 4 aromatic rings. The molecular formula is C20H19N5OS2. The average Bonchev–Trinajstić information content (AvgIpc) is 3.24. The molecular weight excluding hydrogens is 390 g/mol. The lowest BCUT2D eigenvalue weighted by atomic mass is 10.2. The molecule has 0 unspecified atom stereocenters.